The first-order valence-corrected chi connectivity index (χ1v) is 10.8. The number of carbonyl (C=O) groups excluding carboxylic acids is 2. The molecule has 0 aliphatic rings. The first-order valence-electron chi connectivity index (χ1n) is 10.8. The Kier molecular flexibility index (Phi) is 6.84. The van der Waals surface area contributed by atoms with E-state index in [0.29, 0.717) is 11.3 Å². The minimum Gasteiger partial charge on any atom is -1.00 e. The number of hydrogen-bond donors (Lipinski definition) is 1. The van der Waals surface area contributed by atoms with Crippen molar-refractivity contribution in [3.8, 4) is 0 Å². The number of imidazole rings is 1. The van der Waals surface area contributed by atoms with Crippen LogP contribution in [0.5, 0.6) is 0 Å². The van der Waals surface area contributed by atoms with Crippen molar-refractivity contribution < 1.29 is 31.1 Å². The average Bonchev–Trinajstić information content (AvgIpc) is 3.16. The lowest BCUT2D eigenvalue weighted by Gasteiger charge is -2.07. The highest BCUT2D eigenvalue weighted by molar-refractivity contribution is 6.00. The lowest BCUT2D eigenvalue weighted by atomic mass is 10.1. The van der Waals surface area contributed by atoms with Gasteiger partial charge in [-0.1, -0.05) is 60.2 Å². The predicted octanol–water partition coefficient (Wildman–Crippen LogP) is 1.31. The van der Waals surface area contributed by atoms with Gasteiger partial charge in [0.25, 0.3) is 5.91 Å². The van der Waals surface area contributed by atoms with Gasteiger partial charge in [-0.2, -0.15) is 0 Å². The lowest BCUT2D eigenvalue weighted by Crippen LogP contribution is -3.00. The molecule has 5 aromatic rings. The predicted molar refractivity (Wildman–Crippen MR) is 128 cm³/mol. The van der Waals surface area contributed by atoms with Gasteiger partial charge < -0.3 is 22.3 Å². The fourth-order valence-electron chi connectivity index (χ4n) is 4.03. The first-order chi connectivity index (χ1) is 16.1. The Balaban J connectivity index is 0.00000274. The Labute approximate surface area is 207 Å². The van der Waals surface area contributed by atoms with Crippen LogP contribution >= 0.6 is 0 Å². The van der Waals surface area contributed by atoms with Crippen molar-refractivity contribution in [2.75, 3.05) is 5.32 Å². The molecule has 0 atom stereocenters. The number of amides is 1. The van der Waals surface area contributed by atoms with Crippen LogP contribution < -0.4 is 26.9 Å². The molecular weight excluding hydrogens is 492 g/mol. The summed E-state index contributed by atoms with van der Waals surface area (Å²) in [5.41, 5.74) is 5.01. The molecule has 2 heterocycles. The van der Waals surface area contributed by atoms with E-state index in [-0.39, 0.29) is 41.8 Å². The molecule has 2 aromatic heterocycles. The highest BCUT2D eigenvalue weighted by atomic mass is 79.9. The van der Waals surface area contributed by atoms with Gasteiger partial charge in [0.2, 0.25) is 12.1 Å². The van der Waals surface area contributed by atoms with Crippen LogP contribution in [0.1, 0.15) is 15.9 Å². The number of rotatable bonds is 6. The number of anilines is 1. The third-order valence-electron chi connectivity index (χ3n) is 5.69. The molecule has 0 bridgehead atoms. The van der Waals surface area contributed by atoms with E-state index >= 15 is 0 Å². The highest BCUT2D eigenvalue weighted by Gasteiger charge is 2.20. The summed E-state index contributed by atoms with van der Waals surface area (Å²) in [6.45, 7) is 2.32. The summed E-state index contributed by atoms with van der Waals surface area (Å²) in [4.78, 5) is 30.2. The van der Waals surface area contributed by atoms with Crippen molar-refractivity contribution in [3.63, 3.8) is 0 Å². The van der Waals surface area contributed by atoms with Crippen LogP contribution in [0.3, 0.4) is 0 Å². The molecule has 0 spiro atoms. The third kappa shape index (κ3) is 4.75. The smallest absolute Gasteiger partial charge is 0.266 e. The maximum Gasteiger partial charge on any atom is 0.266 e. The molecule has 0 fully saturated rings. The van der Waals surface area contributed by atoms with E-state index in [0.717, 1.165) is 27.5 Å². The molecule has 7 heteroatoms. The largest absolute Gasteiger partial charge is 1.00 e. The number of hydrogen-bond acceptors (Lipinski definition) is 3. The third-order valence-corrected chi connectivity index (χ3v) is 5.69. The summed E-state index contributed by atoms with van der Waals surface area (Å²) in [7, 11) is 0. The van der Waals surface area contributed by atoms with Crippen LogP contribution in [0.4, 0.5) is 5.69 Å². The van der Waals surface area contributed by atoms with Crippen molar-refractivity contribution in [1.82, 2.24) is 9.55 Å². The van der Waals surface area contributed by atoms with Gasteiger partial charge in [0.1, 0.15) is 0 Å². The fourth-order valence-corrected chi connectivity index (χ4v) is 4.03. The number of nitrogens with zero attached hydrogens (tertiary/aromatic N) is 3. The van der Waals surface area contributed by atoms with E-state index in [9.17, 15) is 9.59 Å². The quantitative estimate of drug-likeness (QED) is 0.274. The second kappa shape index (κ2) is 9.97. The zero-order valence-corrected chi connectivity index (χ0v) is 20.2. The van der Waals surface area contributed by atoms with Gasteiger partial charge in [-0.05, 0) is 31.2 Å². The fraction of sp³-hybridized carbons (Fsp3) is 0.111. The number of carbonyl (C=O) groups is 2. The summed E-state index contributed by atoms with van der Waals surface area (Å²) in [5, 5.41) is 3.95. The molecule has 34 heavy (non-hydrogen) atoms. The van der Waals surface area contributed by atoms with Gasteiger partial charge in [-0.3, -0.25) is 14.6 Å². The molecule has 1 amide bonds. The number of halogens is 1. The molecule has 0 saturated carbocycles. The molecule has 6 nitrogen and oxygen atoms in total. The van der Waals surface area contributed by atoms with Crippen molar-refractivity contribution >= 4 is 39.3 Å². The Bertz CT molecular complexity index is 1490. The van der Waals surface area contributed by atoms with Crippen LogP contribution in [0.15, 0.2) is 91.4 Å². The van der Waals surface area contributed by atoms with E-state index in [4.69, 9.17) is 0 Å². The molecule has 0 saturated heterocycles. The molecule has 0 aliphatic heterocycles. The van der Waals surface area contributed by atoms with E-state index in [1.54, 1.807) is 6.20 Å². The molecule has 1 N–H and O–H groups in total. The van der Waals surface area contributed by atoms with Crippen LogP contribution in [-0.2, 0) is 17.9 Å². The normalized spacial score (nSPS) is 10.7. The lowest BCUT2D eigenvalue weighted by molar-refractivity contribution is -0.657. The number of fused-ring (bicyclic) bond motifs is 2. The monoisotopic (exact) mass is 514 g/mol. The Morgan fingerprint density at radius 3 is 2.53 bits per heavy atom. The van der Waals surface area contributed by atoms with E-state index in [1.807, 2.05) is 101 Å². The van der Waals surface area contributed by atoms with Crippen molar-refractivity contribution in [2.24, 2.45) is 0 Å². The number of pyridine rings is 1. The number of nitrogens with one attached hydrogen (secondary N) is 1. The second-order valence-corrected chi connectivity index (χ2v) is 8.08. The molecular formula is C27H23BrN4O2. The molecule has 5 rings (SSSR count). The Morgan fingerprint density at radius 2 is 1.71 bits per heavy atom. The van der Waals surface area contributed by atoms with Crippen molar-refractivity contribution in [1.29, 1.82) is 0 Å². The van der Waals surface area contributed by atoms with E-state index in [1.165, 1.54) is 0 Å². The average molecular weight is 515 g/mol. The molecule has 3 aromatic carbocycles. The Hall–Kier alpha value is -3.84. The van der Waals surface area contributed by atoms with Crippen LogP contribution in [0, 0.1) is 6.92 Å². The van der Waals surface area contributed by atoms with Gasteiger partial charge in [0.15, 0.2) is 24.1 Å². The first kappa shape index (κ1) is 23.3. The van der Waals surface area contributed by atoms with Gasteiger partial charge >= 0.3 is 0 Å². The highest BCUT2D eigenvalue weighted by Crippen LogP contribution is 2.21. The number of benzene rings is 3. The summed E-state index contributed by atoms with van der Waals surface area (Å²) >= 11 is 0. The zero-order chi connectivity index (χ0) is 22.8. The standard InChI is InChI=1S/C27H22N4O2.BrH/c1-19-11-13-20(14-12-19)25(32)16-30-18-31(24-10-3-2-9-23(24)30)17-26(33)29-22-8-4-6-21-7-5-15-28-27(21)22;/h2-15,18H,16-17H2,1H3;1H. The van der Waals surface area contributed by atoms with Crippen molar-refractivity contribution in [2.45, 2.75) is 20.0 Å². The number of aryl methyl sites for hydroxylation is 1. The topological polar surface area (TPSA) is 67.9 Å². The molecule has 0 aliphatic carbocycles. The van der Waals surface area contributed by atoms with Crippen molar-refractivity contribution in [3.05, 3.63) is 103 Å². The minimum absolute atomic E-state index is 0. The molecule has 0 unspecified atom stereocenters. The van der Waals surface area contributed by atoms with Gasteiger partial charge in [0, 0.05) is 17.1 Å². The minimum atomic E-state index is -0.161. The van der Waals surface area contributed by atoms with Gasteiger partial charge in [-0.15, -0.1) is 0 Å². The van der Waals surface area contributed by atoms with Gasteiger partial charge in [0.05, 0.1) is 11.2 Å². The summed E-state index contributed by atoms with van der Waals surface area (Å²) in [5.74, 6) is -0.139. The maximum absolute atomic E-state index is 12.9. The number of ketones is 1. The number of Topliss-reactive ketones (excluding diaryl/α,β-unsaturated/α-hetero) is 1. The summed E-state index contributed by atoms with van der Waals surface area (Å²) in [6, 6.07) is 24.9. The zero-order valence-electron chi connectivity index (χ0n) is 18.6. The molecule has 170 valence electrons. The van der Waals surface area contributed by atoms with Crippen LogP contribution in [0.2, 0.25) is 0 Å². The SMILES string of the molecule is Cc1ccc(C(=O)C[n+]2cn(CC(=O)Nc3cccc4cccnc34)c3ccccc32)cc1.[Br-]. The summed E-state index contributed by atoms with van der Waals surface area (Å²) < 4.78 is 3.76. The van der Waals surface area contributed by atoms with Crippen LogP contribution in [-0.4, -0.2) is 21.2 Å². The second-order valence-electron chi connectivity index (χ2n) is 8.08. The number of aromatic nitrogens is 3. The maximum atomic E-state index is 12.9. The van der Waals surface area contributed by atoms with E-state index in [2.05, 4.69) is 10.3 Å². The molecule has 0 radical (unpaired) electrons. The Morgan fingerprint density at radius 1 is 0.941 bits per heavy atom. The van der Waals surface area contributed by atoms with Crippen LogP contribution in [0.25, 0.3) is 21.9 Å². The number of para-hydroxylation sites is 3. The summed E-state index contributed by atoms with van der Waals surface area (Å²) in [6.07, 6.45) is 3.54. The van der Waals surface area contributed by atoms with E-state index < -0.39 is 0 Å². The van der Waals surface area contributed by atoms with Gasteiger partial charge in [-0.25, -0.2) is 9.13 Å².